The van der Waals surface area contributed by atoms with Gasteiger partial charge in [0, 0.05) is 56.8 Å². The van der Waals surface area contributed by atoms with E-state index in [9.17, 15) is 9.59 Å². The van der Waals surface area contributed by atoms with Crippen LogP contribution in [0.25, 0.3) is 0 Å². The van der Waals surface area contributed by atoms with Gasteiger partial charge in [0.2, 0.25) is 0 Å². The van der Waals surface area contributed by atoms with Gasteiger partial charge in [-0.05, 0) is 24.6 Å². The number of amides is 1. The molecule has 2 heterocycles. The number of nitrogens with zero attached hydrogens (tertiary/aromatic N) is 3. The van der Waals surface area contributed by atoms with Crippen LogP contribution in [-0.2, 0) is 0 Å². The summed E-state index contributed by atoms with van der Waals surface area (Å²) in [5.41, 5.74) is 1.40. The van der Waals surface area contributed by atoms with E-state index in [1.165, 1.54) is 11.0 Å². The maximum Gasteiger partial charge on any atom is 0.407 e. The number of ketones is 1. The van der Waals surface area contributed by atoms with Crippen molar-refractivity contribution in [3.05, 3.63) is 41.1 Å². The van der Waals surface area contributed by atoms with E-state index in [1.807, 2.05) is 20.2 Å². The van der Waals surface area contributed by atoms with Crippen molar-refractivity contribution in [1.29, 1.82) is 0 Å². The summed E-state index contributed by atoms with van der Waals surface area (Å²) in [6, 6.07) is 5.63. The van der Waals surface area contributed by atoms with Crippen LogP contribution in [0.15, 0.2) is 30.5 Å². The number of halogens is 1. The fourth-order valence-electron chi connectivity index (χ4n) is 3.41. The van der Waals surface area contributed by atoms with Gasteiger partial charge < -0.3 is 19.8 Å². The Kier molecular flexibility index (Phi) is 4.41. The van der Waals surface area contributed by atoms with Crippen LogP contribution < -0.4 is 4.90 Å². The SMILES string of the molecule is CN(C)C=CC(=O)c1ccc(N2CC3CC2CN3C(=O)O)cc1Cl. The molecule has 1 aromatic carbocycles. The molecule has 0 aromatic heterocycles. The predicted molar refractivity (Wildman–Crippen MR) is 92.9 cm³/mol. The molecule has 1 N–H and O–H groups in total. The topological polar surface area (TPSA) is 64.1 Å². The number of carbonyl (C=O) groups is 2. The molecule has 1 amide bonds. The third-order valence-corrected chi connectivity index (χ3v) is 4.87. The van der Waals surface area contributed by atoms with Gasteiger partial charge in [0.1, 0.15) is 0 Å². The van der Waals surface area contributed by atoms with Crippen LogP contribution in [0.1, 0.15) is 16.8 Å². The number of piperazine rings is 1. The number of benzene rings is 1. The fraction of sp³-hybridized carbons (Fsp3) is 0.412. The van der Waals surface area contributed by atoms with Gasteiger partial charge in [-0.3, -0.25) is 4.79 Å². The minimum Gasteiger partial charge on any atom is -0.465 e. The molecular weight excluding hydrogens is 330 g/mol. The Labute approximate surface area is 145 Å². The molecule has 128 valence electrons. The third-order valence-electron chi connectivity index (χ3n) is 4.56. The molecule has 2 unspecified atom stereocenters. The van der Waals surface area contributed by atoms with Crippen LogP contribution >= 0.6 is 11.6 Å². The van der Waals surface area contributed by atoms with Gasteiger partial charge in [0.05, 0.1) is 11.1 Å². The van der Waals surface area contributed by atoms with E-state index < -0.39 is 6.09 Å². The summed E-state index contributed by atoms with van der Waals surface area (Å²) >= 11 is 6.30. The molecule has 0 radical (unpaired) electrons. The summed E-state index contributed by atoms with van der Waals surface area (Å²) in [7, 11) is 3.69. The largest absolute Gasteiger partial charge is 0.465 e. The second-order valence-corrected chi connectivity index (χ2v) is 6.85. The number of hydrogen-bond acceptors (Lipinski definition) is 4. The Balaban J connectivity index is 1.75. The van der Waals surface area contributed by atoms with E-state index in [2.05, 4.69) is 4.90 Å². The van der Waals surface area contributed by atoms with E-state index in [0.717, 1.165) is 12.1 Å². The molecule has 0 saturated carbocycles. The van der Waals surface area contributed by atoms with Crippen LogP contribution in [-0.4, -0.2) is 66.1 Å². The van der Waals surface area contributed by atoms with E-state index >= 15 is 0 Å². The van der Waals surface area contributed by atoms with E-state index in [-0.39, 0.29) is 17.9 Å². The Hall–Kier alpha value is -2.21. The van der Waals surface area contributed by atoms with Gasteiger partial charge in [-0.15, -0.1) is 0 Å². The van der Waals surface area contributed by atoms with Crippen LogP contribution in [0.2, 0.25) is 5.02 Å². The monoisotopic (exact) mass is 349 g/mol. The highest BCUT2D eigenvalue weighted by Gasteiger charge is 2.45. The number of carbonyl (C=O) groups excluding carboxylic acids is 1. The Morgan fingerprint density at radius 2 is 2.04 bits per heavy atom. The quantitative estimate of drug-likeness (QED) is 0.668. The number of carboxylic acid groups (broad SMARTS) is 1. The average Bonchev–Trinajstić information content (AvgIpc) is 3.12. The summed E-state index contributed by atoms with van der Waals surface area (Å²) in [6.07, 6.45) is 3.17. The minimum absolute atomic E-state index is 0.0376. The van der Waals surface area contributed by atoms with Gasteiger partial charge in [-0.2, -0.15) is 0 Å². The van der Waals surface area contributed by atoms with Gasteiger partial charge in [-0.1, -0.05) is 11.6 Å². The van der Waals surface area contributed by atoms with Crippen LogP contribution in [0.3, 0.4) is 0 Å². The molecule has 2 aliphatic heterocycles. The number of hydrogen-bond donors (Lipinski definition) is 1. The molecule has 2 bridgehead atoms. The summed E-state index contributed by atoms with van der Waals surface area (Å²) in [5, 5.41) is 9.58. The van der Waals surface area contributed by atoms with Crippen molar-refractivity contribution in [2.45, 2.75) is 18.5 Å². The number of rotatable bonds is 4. The van der Waals surface area contributed by atoms with Crippen molar-refractivity contribution in [2.24, 2.45) is 0 Å². The molecule has 2 fully saturated rings. The predicted octanol–water partition coefficient (Wildman–Crippen LogP) is 2.54. The van der Waals surface area contributed by atoms with Crippen LogP contribution in [0.4, 0.5) is 10.5 Å². The fourth-order valence-corrected chi connectivity index (χ4v) is 3.67. The average molecular weight is 350 g/mol. The molecule has 0 aliphatic carbocycles. The molecule has 7 heteroatoms. The second-order valence-electron chi connectivity index (χ2n) is 6.44. The van der Waals surface area contributed by atoms with Gasteiger partial charge in [-0.25, -0.2) is 4.79 Å². The number of likely N-dealkylation sites (tertiary alicyclic amines) is 1. The minimum atomic E-state index is -0.853. The maximum absolute atomic E-state index is 12.2. The summed E-state index contributed by atoms with van der Waals surface area (Å²) in [5.74, 6) is -0.139. The summed E-state index contributed by atoms with van der Waals surface area (Å²) < 4.78 is 0. The Morgan fingerprint density at radius 3 is 2.58 bits per heavy atom. The molecular formula is C17H20ClN3O3. The lowest BCUT2D eigenvalue weighted by Crippen LogP contribution is -2.48. The lowest BCUT2D eigenvalue weighted by Gasteiger charge is -2.34. The first-order chi connectivity index (χ1) is 11.4. The number of anilines is 1. The van der Waals surface area contributed by atoms with Gasteiger partial charge in [0.15, 0.2) is 5.78 Å². The van der Waals surface area contributed by atoms with Crippen molar-refractivity contribution in [3.8, 4) is 0 Å². The lowest BCUT2D eigenvalue weighted by atomic mass is 10.1. The van der Waals surface area contributed by atoms with Gasteiger partial charge in [0.25, 0.3) is 0 Å². The Bertz CT molecular complexity index is 704. The van der Waals surface area contributed by atoms with Crippen molar-refractivity contribution < 1.29 is 14.7 Å². The highest BCUT2D eigenvalue weighted by Crippen LogP contribution is 2.36. The van der Waals surface area contributed by atoms with E-state index in [4.69, 9.17) is 16.7 Å². The smallest absolute Gasteiger partial charge is 0.407 e. The molecule has 6 nitrogen and oxygen atoms in total. The zero-order chi connectivity index (χ0) is 17.4. The molecule has 24 heavy (non-hydrogen) atoms. The van der Waals surface area contributed by atoms with Crippen LogP contribution in [0, 0.1) is 0 Å². The van der Waals surface area contributed by atoms with Crippen LogP contribution in [0.5, 0.6) is 0 Å². The maximum atomic E-state index is 12.2. The first kappa shape index (κ1) is 16.6. The first-order valence-corrected chi connectivity index (χ1v) is 8.19. The third kappa shape index (κ3) is 3.06. The molecule has 3 rings (SSSR count). The molecule has 1 aromatic rings. The molecule has 2 saturated heterocycles. The Morgan fingerprint density at radius 1 is 1.29 bits per heavy atom. The zero-order valence-corrected chi connectivity index (χ0v) is 14.4. The van der Waals surface area contributed by atoms with Gasteiger partial charge >= 0.3 is 6.09 Å². The second kappa shape index (κ2) is 6.36. The molecule has 2 aliphatic rings. The van der Waals surface area contributed by atoms with Crippen molar-refractivity contribution in [3.63, 3.8) is 0 Å². The standard InChI is InChI=1S/C17H20ClN3O3/c1-19(2)6-5-16(22)14-4-3-11(8-15(14)18)20-9-13-7-12(20)10-21(13)17(23)24/h3-6,8,12-13H,7,9-10H2,1-2H3,(H,23,24). The van der Waals surface area contributed by atoms with E-state index in [1.54, 1.807) is 23.2 Å². The molecule has 2 atom stereocenters. The summed E-state index contributed by atoms with van der Waals surface area (Å²) in [6.45, 7) is 1.19. The van der Waals surface area contributed by atoms with Crippen molar-refractivity contribution in [2.75, 3.05) is 32.1 Å². The first-order valence-electron chi connectivity index (χ1n) is 7.81. The van der Waals surface area contributed by atoms with E-state index in [0.29, 0.717) is 23.7 Å². The highest BCUT2D eigenvalue weighted by molar-refractivity contribution is 6.34. The highest BCUT2D eigenvalue weighted by atomic mass is 35.5. The lowest BCUT2D eigenvalue weighted by molar-refractivity contribution is 0.104. The normalized spacial score (nSPS) is 22.5. The molecule has 0 spiro atoms. The number of allylic oxidation sites excluding steroid dienone is 1. The van der Waals surface area contributed by atoms with Crippen molar-refractivity contribution in [1.82, 2.24) is 9.80 Å². The van der Waals surface area contributed by atoms with Crippen molar-refractivity contribution >= 4 is 29.2 Å². The number of fused-ring (bicyclic) bond motifs is 2. The zero-order valence-electron chi connectivity index (χ0n) is 13.6. The summed E-state index contributed by atoms with van der Waals surface area (Å²) in [4.78, 5) is 28.8.